The summed E-state index contributed by atoms with van der Waals surface area (Å²) in [6, 6.07) is 17.2. The van der Waals surface area contributed by atoms with Gasteiger partial charge in [-0.2, -0.15) is 0 Å². The number of ether oxygens (including phenoxy) is 1. The van der Waals surface area contributed by atoms with E-state index in [1.165, 1.54) is 0 Å². The minimum Gasteiger partial charge on any atom is -0.471 e. The maximum absolute atomic E-state index is 12.3. The average Bonchev–Trinajstić information content (AvgIpc) is 2.55. The van der Waals surface area contributed by atoms with E-state index in [2.05, 4.69) is 19.2 Å². The molecule has 1 N–H and O–H groups in total. The summed E-state index contributed by atoms with van der Waals surface area (Å²) in [5.74, 6) is 1.17. The van der Waals surface area contributed by atoms with Crippen LogP contribution < -0.4 is 15.0 Å². The lowest BCUT2D eigenvalue weighted by atomic mass is 10.0. The first-order chi connectivity index (χ1) is 11.0. The van der Waals surface area contributed by atoms with Crippen LogP contribution in [0.5, 0.6) is 5.75 Å². The molecule has 0 radical (unpaired) electrons. The van der Waals surface area contributed by atoms with Gasteiger partial charge >= 0.3 is 6.03 Å². The molecule has 23 heavy (non-hydrogen) atoms. The number of carbonyl (C=O) groups excluding carboxylic acids is 1. The first-order valence-corrected chi connectivity index (χ1v) is 7.84. The Labute approximate surface area is 138 Å². The molecule has 1 atom stereocenters. The molecule has 0 fully saturated rings. The van der Waals surface area contributed by atoms with Crippen LogP contribution in [0.1, 0.15) is 32.3 Å². The Kier molecular flexibility index (Phi) is 5.63. The second-order valence-electron chi connectivity index (χ2n) is 5.80. The number of urea groups is 1. The SMILES string of the molecule is CC(NC(=O)N(C)c1ccccc1)Oc1ccccc1C(C)C. The van der Waals surface area contributed by atoms with Gasteiger partial charge in [-0.05, 0) is 36.6 Å². The molecule has 0 aliphatic heterocycles. The maximum Gasteiger partial charge on any atom is 0.324 e. The Morgan fingerprint density at radius 2 is 1.61 bits per heavy atom. The van der Waals surface area contributed by atoms with Gasteiger partial charge in [-0.1, -0.05) is 50.2 Å². The maximum atomic E-state index is 12.3. The zero-order valence-corrected chi connectivity index (χ0v) is 14.1. The largest absolute Gasteiger partial charge is 0.471 e. The Balaban J connectivity index is 2.00. The van der Waals surface area contributed by atoms with E-state index >= 15 is 0 Å². The van der Waals surface area contributed by atoms with Crippen molar-refractivity contribution in [2.24, 2.45) is 0 Å². The molecule has 4 heteroatoms. The number of carbonyl (C=O) groups is 1. The second kappa shape index (κ2) is 7.68. The van der Waals surface area contributed by atoms with Crippen molar-refractivity contribution in [2.75, 3.05) is 11.9 Å². The number of nitrogens with zero attached hydrogens (tertiary/aromatic N) is 1. The van der Waals surface area contributed by atoms with Crippen LogP contribution in [0.25, 0.3) is 0 Å². The number of nitrogens with one attached hydrogen (secondary N) is 1. The number of para-hydroxylation sites is 2. The molecule has 2 amide bonds. The van der Waals surface area contributed by atoms with Gasteiger partial charge in [0.15, 0.2) is 6.23 Å². The number of rotatable bonds is 5. The van der Waals surface area contributed by atoms with Crippen molar-refractivity contribution >= 4 is 11.7 Å². The highest BCUT2D eigenvalue weighted by molar-refractivity contribution is 5.91. The van der Waals surface area contributed by atoms with Crippen LogP contribution in [-0.4, -0.2) is 19.3 Å². The van der Waals surface area contributed by atoms with Gasteiger partial charge in [0.25, 0.3) is 0 Å². The van der Waals surface area contributed by atoms with Gasteiger partial charge in [0, 0.05) is 12.7 Å². The molecule has 0 aliphatic rings. The van der Waals surface area contributed by atoms with Gasteiger partial charge < -0.3 is 10.1 Å². The van der Waals surface area contributed by atoms with Crippen LogP contribution in [0.3, 0.4) is 0 Å². The van der Waals surface area contributed by atoms with E-state index in [0.717, 1.165) is 17.0 Å². The quantitative estimate of drug-likeness (QED) is 0.832. The zero-order chi connectivity index (χ0) is 16.8. The molecule has 2 rings (SSSR count). The first kappa shape index (κ1) is 16.9. The fraction of sp³-hybridized carbons (Fsp3) is 0.316. The summed E-state index contributed by atoms with van der Waals surface area (Å²) in [6.07, 6.45) is -0.423. The highest BCUT2D eigenvalue weighted by atomic mass is 16.5. The monoisotopic (exact) mass is 312 g/mol. The van der Waals surface area contributed by atoms with E-state index in [9.17, 15) is 4.79 Å². The Morgan fingerprint density at radius 3 is 2.26 bits per heavy atom. The number of hydrogen-bond donors (Lipinski definition) is 1. The van der Waals surface area contributed by atoms with Crippen LogP contribution in [0.2, 0.25) is 0 Å². The van der Waals surface area contributed by atoms with Gasteiger partial charge in [-0.3, -0.25) is 4.90 Å². The van der Waals surface area contributed by atoms with E-state index in [1.54, 1.807) is 11.9 Å². The predicted molar refractivity (Wildman–Crippen MR) is 94.0 cm³/mol. The molecule has 0 heterocycles. The topological polar surface area (TPSA) is 41.6 Å². The lowest BCUT2D eigenvalue weighted by molar-refractivity contribution is 0.179. The van der Waals surface area contributed by atoms with Crippen molar-refractivity contribution in [1.82, 2.24) is 5.32 Å². The van der Waals surface area contributed by atoms with E-state index in [1.807, 2.05) is 61.5 Å². The highest BCUT2D eigenvalue weighted by Gasteiger charge is 2.15. The minimum absolute atomic E-state index is 0.203. The molecule has 1 unspecified atom stereocenters. The summed E-state index contributed by atoms with van der Waals surface area (Å²) in [7, 11) is 1.74. The van der Waals surface area contributed by atoms with E-state index in [0.29, 0.717) is 5.92 Å². The number of anilines is 1. The second-order valence-corrected chi connectivity index (χ2v) is 5.80. The number of hydrogen-bond acceptors (Lipinski definition) is 2. The molecular weight excluding hydrogens is 288 g/mol. The molecule has 0 bridgehead atoms. The van der Waals surface area contributed by atoms with Gasteiger partial charge in [0.2, 0.25) is 0 Å². The minimum atomic E-state index is -0.423. The average molecular weight is 312 g/mol. The van der Waals surface area contributed by atoms with E-state index in [4.69, 9.17) is 4.74 Å². The van der Waals surface area contributed by atoms with Crippen molar-refractivity contribution in [3.63, 3.8) is 0 Å². The molecule has 0 spiro atoms. The smallest absolute Gasteiger partial charge is 0.324 e. The van der Waals surface area contributed by atoms with Crippen LogP contribution in [0, 0.1) is 0 Å². The van der Waals surface area contributed by atoms with Crippen LogP contribution >= 0.6 is 0 Å². The summed E-state index contributed by atoms with van der Waals surface area (Å²) in [5, 5.41) is 2.86. The molecule has 0 aromatic heterocycles. The molecule has 4 nitrogen and oxygen atoms in total. The van der Waals surface area contributed by atoms with Crippen molar-refractivity contribution < 1.29 is 9.53 Å². The summed E-state index contributed by atoms with van der Waals surface area (Å²) in [4.78, 5) is 13.9. The Bertz CT molecular complexity index is 641. The first-order valence-electron chi connectivity index (χ1n) is 7.84. The third-order valence-electron chi connectivity index (χ3n) is 3.62. The summed E-state index contributed by atoms with van der Waals surface area (Å²) >= 11 is 0. The molecule has 0 saturated carbocycles. The molecule has 2 aromatic rings. The lowest BCUT2D eigenvalue weighted by Gasteiger charge is -2.23. The molecular formula is C19H24N2O2. The van der Waals surface area contributed by atoms with Crippen molar-refractivity contribution in [3.05, 3.63) is 60.2 Å². The highest BCUT2D eigenvalue weighted by Crippen LogP contribution is 2.26. The number of amides is 2. The standard InChI is InChI=1S/C19H24N2O2/c1-14(2)17-12-8-9-13-18(17)23-15(3)20-19(22)21(4)16-10-6-5-7-11-16/h5-15H,1-4H3,(H,20,22). The van der Waals surface area contributed by atoms with Gasteiger partial charge in [0.1, 0.15) is 5.75 Å². The van der Waals surface area contributed by atoms with E-state index < -0.39 is 6.23 Å². The lowest BCUT2D eigenvalue weighted by Crippen LogP contribution is -2.44. The summed E-state index contributed by atoms with van der Waals surface area (Å²) in [5.41, 5.74) is 1.96. The fourth-order valence-electron chi connectivity index (χ4n) is 2.32. The van der Waals surface area contributed by atoms with Crippen molar-refractivity contribution in [3.8, 4) is 5.75 Å². The van der Waals surface area contributed by atoms with Crippen molar-refractivity contribution in [2.45, 2.75) is 32.9 Å². The summed E-state index contributed by atoms with van der Waals surface area (Å²) in [6.45, 7) is 6.07. The molecule has 0 saturated heterocycles. The summed E-state index contributed by atoms with van der Waals surface area (Å²) < 4.78 is 5.90. The van der Waals surface area contributed by atoms with E-state index in [-0.39, 0.29) is 6.03 Å². The Morgan fingerprint density at radius 1 is 1.00 bits per heavy atom. The van der Waals surface area contributed by atoms with Gasteiger partial charge in [-0.25, -0.2) is 4.79 Å². The van der Waals surface area contributed by atoms with Gasteiger partial charge in [0.05, 0.1) is 0 Å². The molecule has 0 aliphatic carbocycles. The third-order valence-corrected chi connectivity index (χ3v) is 3.62. The normalized spacial score (nSPS) is 11.9. The molecule has 122 valence electrons. The van der Waals surface area contributed by atoms with Crippen LogP contribution in [-0.2, 0) is 0 Å². The van der Waals surface area contributed by atoms with Crippen molar-refractivity contribution in [1.29, 1.82) is 0 Å². The zero-order valence-electron chi connectivity index (χ0n) is 14.1. The molecule has 2 aromatic carbocycles. The third kappa shape index (κ3) is 4.49. The van der Waals surface area contributed by atoms with Gasteiger partial charge in [-0.15, -0.1) is 0 Å². The van der Waals surface area contributed by atoms with Crippen LogP contribution in [0.4, 0.5) is 10.5 Å². The Hall–Kier alpha value is -2.49. The predicted octanol–water partition coefficient (Wildman–Crippen LogP) is 4.38. The number of benzene rings is 2. The fourth-order valence-corrected chi connectivity index (χ4v) is 2.32. The van der Waals surface area contributed by atoms with Crippen LogP contribution in [0.15, 0.2) is 54.6 Å².